The Balaban J connectivity index is 1.25. The first kappa shape index (κ1) is 23.3. The Bertz CT molecular complexity index is 1480. The van der Waals surface area contributed by atoms with E-state index >= 15 is 0 Å². The Hall–Kier alpha value is -2.88. The molecule has 1 aliphatic heterocycles. The maximum atomic E-state index is 13.6. The molecular formula is C27H28F3N5O2. The summed E-state index contributed by atoms with van der Waals surface area (Å²) in [4.78, 5) is 31.4. The molecule has 5 fully saturated rings. The first-order valence-electron chi connectivity index (χ1n) is 13.0. The predicted molar refractivity (Wildman–Crippen MR) is 128 cm³/mol. The molecule has 37 heavy (non-hydrogen) atoms. The van der Waals surface area contributed by atoms with Gasteiger partial charge in [-0.05, 0) is 70.4 Å². The third-order valence-corrected chi connectivity index (χ3v) is 9.02. The maximum absolute atomic E-state index is 13.6. The molecule has 4 heterocycles. The zero-order valence-corrected chi connectivity index (χ0v) is 20.8. The van der Waals surface area contributed by atoms with Crippen LogP contribution in [0.4, 0.5) is 13.2 Å². The Labute approximate surface area is 211 Å². The zero-order chi connectivity index (χ0) is 25.7. The molecule has 2 atom stereocenters. The van der Waals surface area contributed by atoms with Crippen LogP contribution in [0.2, 0.25) is 0 Å². The van der Waals surface area contributed by atoms with Gasteiger partial charge in [-0.3, -0.25) is 4.79 Å². The van der Waals surface area contributed by atoms with Crippen LogP contribution in [-0.4, -0.2) is 37.3 Å². The van der Waals surface area contributed by atoms with Gasteiger partial charge in [-0.25, -0.2) is 19.9 Å². The SMILES string of the molecule is Cc1nc2nc(C3CCOC(c4ccc(=O)n(C5CC5)c4)C3)nc(C34CC(C(F)(F)F)(C3)C4)c2nc1C. The van der Waals surface area contributed by atoms with E-state index in [0.717, 1.165) is 29.8 Å². The molecule has 1 saturated heterocycles. The summed E-state index contributed by atoms with van der Waals surface area (Å²) in [5.74, 6) is 0.574. The molecule has 10 heteroatoms. The summed E-state index contributed by atoms with van der Waals surface area (Å²) in [5, 5.41) is 0. The highest BCUT2D eigenvalue weighted by molar-refractivity contribution is 5.75. The van der Waals surface area contributed by atoms with E-state index in [2.05, 4.69) is 4.98 Å². The fourth-order valence-electron chi connectivity index (χ4n) is 6.63. The number of hydrogen-bond donors (Lipinski definition) is 0. The lowest BCUT2D eigenvalue weighted by Gasteiger charge is -2.70. The monoisotopic (exact) mass is 511 g/mol. The molecule has 0 N–H and O–H groups in total. The molecule has 5 aliphatic rings. The number of nitrogens with zero attached hydrogens (tertiary/aromatic N) is 5. The van der Waals surface area contributed by atoms with Crippen molar-refractivity contribution in [2.75, 3.05) is 6.61 Å². The van der Waals surface area contributed by atoms with Gasteiger partial charge in [0, 0.05) is 36.2 Å². The fourth-order valence-corrected chi connectivity index (χ4v) is 6.63. The molecule has 2 bridgehead atoms. The predicted octanol–water partition coefficient (Wildman–Crippen LogP) is 5.15. The molecule has 0 aromatic carbocycles. The Morgan fingerprint density at radius 3 is 2.43 bits per heavy atom. The number of fused-ring (bicyclic) bond motifs is 1. The van der Waals surface area contributed by atoms with Crippen molar-refractivity contribution in [3.8, 4) is 0 Å². The van der Waals surface area contributed by atoms with E-state index in [4.69, 9.17) is 19.7 Å². The van der Waals surface area contributed by atoms with Gasteiger partial charge in [-0.15, -0.1) is 0 Å². The maximum Gasteiger partial charge on any atom is 0.394 e. The molecule has 7 nitrogen and oxygen atoms in total. The van der Waals surface area contributed by atoms with Crippen molar-refractivity contribution in [3.05, 3.63) is 57.2 Å². The normalized spacial score (nSPS) is 31.2. The lowest BCUT2D eigenvalue weighted by atomic mass is 9.34. The fraction of sp³-hybridized carbons (Fsp3) is 0.593. The summed E-state index contributed by atoms with van der Waals surface area (Å²) in [5.41, 5.74) is 1.87. The van der Waals surface area contributed by atoms with Gasteiger partial charge in [0.1, 0.15) is 11.3 Å². The van der Waals surface area contributed by atoms with Crippen LogP contribution in [0.3, 0.4) is 0 Å². The second-order valence-electron chi connectivity index (χ2n) is 11.6. The third-order valence-electron chi connectivity index (χ3n) is 9.02. The summed E-state index contributed by atoms with van der Waals surface area (Å²) in [6.45, 7) is 4.22. The number of hydrogen-bond acceptors (Lipinski definition) is 6. The van der Waals surface area contributed by atoms with E-state index in [-0.39, 0.29) is 42.9 Å². The first-order valence-corrected chi connectivity index (χ1v) is 13.0. The summed E-state index contributed by atoms with van der Waals surface area (Å²) >= 11 is 0. The first-order chi connectivity index (χ1) is 17.6. The van der Waals surface area contributed by atoms with Crippen LogP contribution in [0.15, 0.2) is 23.1 Å². The lowest BCUT2D eigenvalue weighted by molar-refractivity contribution is -0.337. The van der Waals surface area contributed by atoms with Crippen LogP contribution >= 0.6 is 0 Å². The average molecular weight is 512 g/mol. The van der Waals surface area contributed by atoms with Gasteiger partial charge in [0.25, 0.3) is 5.56 Å². The highest BCUT2D eigenvalue weighted by Gasteiger charge is 2.79. The van der Waals surface area contributed by atoms with Crippen molar-refractivity contribution >= 4 is 11.2 Å². The molecule has 194 valence electrons. The number of pyridine rings is 1. The molecular weight excluding hydrogens is 483 g/mol. The van der Waals surface area contributed by atoms with Gasteiger partial charge in [0.05, 0.1) is 28.6 Å². The van der Waals surface area contributed by atoms with E-state index < -0.39 is 17.0 Å². The van der Waals surface area contributed by atoms with Crippen molar-refractivity contribution in [2.24, 2.45) is 5.41 Å². The number of ether oxygens (including phenoxy) is 1. The molecule has 0 amide bonds. The van der Waals surface area contributed by atoms with Gasteiger partial charge in [0.2, 0.25) is 0 Å². The van der Waals surface area contributed by atoms with E-state index in [1.165, 1.54) is 0 Å². The summed E-state index contributed by atoms with van der Waals surface area (Å²) < 4.78 is 48.8. The van der Waals surface area contributed by atoms with E-state index in [9.17, 15) is 18.0 Å². The van der Waals surface area contributed by atoms with Gasteiger partial charge < -0.3 is 9.30 Å². The molecule has 0 radical (unpaired) electrons. The van der Waals surface area contributed by atoms with Crippen LogP contribution < -0.4 is 5.56 Å². The number of alkyl halides is 3. The average Bonchev–Trinajstić information content (AvgIpc) is 3.63. The number of aryl methyl sites for hydroxylation is 2. The second kappa shape index (κ2) is 7.58. The highest BCUT2D eigenvalue weighted by Crippen LogP contribution is 2.78. The smallest absolute Gasteiger partial charge is 0.373 e. The minimum atomic E-state index is -4.19. The van der Waals surface area contributed by atoms with E-state index in [0.29, 0.717) is 42.1 Å². The van der Waals surface area contributed by atoms with Crippen molar-refractivity contribution in [1.29, 1.82) is 0 Å². The largest absolute Gasteiger partial charge is 0.394 e. The molecule has 8 rings (SSSR count). The molecule has 0 spiro atoms. The van der Waals surface area contributed by atoms with Crippen LogP contribution in [0, 0.1) is 19.3 Å². The van der Waals surface area contributed by atoms with Crippen molar-refractivity contribution in [1.82, 2.24) is 24.5 Å². The number of halogens is 3. The lowest BCUT2D eigenvalue weighted by Crippen LogP contribution is -2.70. The molecule has 2 unspecified atom stereocenters. The molecule has 3 aromatic heterocycles. The van der Waals surface area contributed by atoms with Crippen LogP contribution in [0.25, 0.3) is 11.2 Å². The Morgan fingerprint density at radius 2 is 1.73 bits per heavy atom. The van der Waals surface area contributed by atoms with Crippen molar-refractivity contribution in [2.45, 2.75) is 88.4 Å². The van der Waals surface area contributed by atoms with Crippen molar-refractivity contribution < 1.29 is 17.9 Å². The zero-order valence-electron chi connectivity index (χ0n) is 20.8. The molecule has 3 aromatic rings. The van der Waals surface area contributed by atoms with Gasteiger partial charge in [-0.1, -0.05) is 0 Å². The minimum absolute atomic E-state index is 0.000497. The third kappa shape index (κ3) is 3.47. The minimum Gasteiger partial charge on any atom is -0.373 e. The topological polar surface area (TPSA) is 82.8 Å². The summed E-state index contributed by atoms with van der Waals surface area (Å²) in [7, 11) is 0. The Morgan fingerprint density at radius 1 is 1.00 bits per heavy atom. The standard InChI is InChI=1S/C27H28F3N5O2/c1-14-15(2)32-24-21(31-14)22(25-11-26(12-25,13-25)27(28,29)30)33-23(34-24)16-7-8-37-19(9-16)17-3-6-20(36)35(10-17)18-4-5-18/h3,6,10,16,18-19H,4-5,7-9,11-13H2,1-2H3. The highest BCUT2D eigenvalue weighted by atomic mass is 19.4. The Kier molecular flexibility index (Phi) is 4.77. The number of aromatic nitrogens is 5. The van der Waals surface area contributed by atoms with E-state index in [1.807, 2.05) is 26.1 Å². The number of rotatable bonds is 4. The second-order valence-corrected chi connectivity index (χ2v) is 11.6. The van der Waals surface area contributed by atoms with Gasteiger partial charge >= 0.3 is 6.18 Å². The quantitative estimate of drug-likeness (QED) is 0.482. The van der Waals surface area contributed by atoms with Crippen LogP contribution in [-0.2, 0) is 10.2 Å². The van der Waals surface area contributed by atoms with Crippen molar-refractivity contribution in [3.63, 3.8) is 0 Å². The van der Waals surface area contributed by atoms with E-state index in [1.54, 1.807) is 10.6 Å². The van der Waals surface area contributed by atoms with Crippen LogP contribution in [0.5, 0.6) is 0 Å². The van der Waals surface area contributed by atoms with Gasteiger partial charge in [0.15, 0.2) is 5.65 Å². The molecule has 4 aliphatic carbocycles. The van der Waals surface area contributed by atoms with Crippen LogP contribution in [0.1, 0.15) is 91.5 Å². The summed E-state index contributed by atoms with van der Waals surface area (Å²) in [6, 6.07) is 3.71. The van der Waals surface area contributed by atoms with Gasteiger partial charge in [-0.2, -0.15) is 13.2 Å². The summed E-state index contributed by atoms with van der Waals surface area (Å²) in [6.07, 6.45) is 1.06. The molecule has 4 saturated carbocycles.